The third kappa shape index (κ3) is 2.58. The first-order chi connectivity index (χ1) is 10.7. The lowest BCUT2D eigenvalue weighted by Crippen LogP contribution is -2.39. The molecule has 0 spiro atoms. The van der Waals surface area contributed by atoms with Gasteiger partial charge in [0.2, 0.25) is 11.4 Å². The number of para-hydroxylation sites is 1. The average molecular weight is 297 g/mol. The largest absolute Gasteiger partial charge is 0.497 e. The van der Waals surface area contributed by atoms with Crippen molar-refractivity contribution in [2.24, 2.45) is 0 Å². The van der Waals surface area contributed by atoms with Crippen LogP contribution in [-0.4, -0.2) is 31.0 Å². The second-order valence-electron chi connectivity index (χ2n) is 5.00. The quantitative estimate of drug-likeness (QED) is 0.522. The monoisotopic (exact) mass is 297 g/mol. The highest BCUT2D eigenvalue weighted by Gasteiger charge is 2.59. The number of hydrogen-bond donors (Lipinski definition) is 1. The molecule has 0 bridgehead atoms. The Balaban J connectivity index is 1.80. The number of methoxy groups -OCH3 is 1. The molecule has 5 heteroatoms. The number of ether oxygens (including phenoxy) is 2. The van der Waals surface area contributed by atoms with Crippen LogP contribution in [0.3, 0.4) is 0 Å². The van der Waals surface area contributed by atoms with Gasteiger partial charge in [-0.1, -0.05) is 30.3 Å². The van der Waals surface area contributed by atoms with Gasteiger partial charge >= 0.3 is 0 Å². The Bertz CT molecular complexity index is 708. The van der Waals surface area contributed by atoms with E-state index in [1.165, 1.54) is 7.11 Å². The number of rotatable bonds is 5. The van der Waals surface area contributed by atoms with Crippen LogP contribution in [-0.2, 0) is 9.53 Å². The maximum atomic E-state index is 12.6. The highest BCUT2D eigenvalue weighted by molar-refractivity contribution is 6.22. The number of hydrogen-bond acceptors (Lipinski definition) is 4. The van der Waals surface area contributed by atoms with Gasteiger partial charge in [-0.05, 0) is 24.3 Å². The van der Waals surface area contributed by atoms with E-state index < -0.39 is 11.5 Å². The molecule has 1 N–H and O–H groups in total. The van der Waals surface area contributed by atoms with Crippen LogP contribution < -0.4 is 10.1 Å². The lowest BCUT2D eigenvalue weighted by atomic mass is 9.97. The molecule has 112 valence electrons. The van der Waals surface area contributed by atoms with Gasteiger partial charge in [0.25, 0.3) is 5.91 Å². The van der Waals surface area contributed by atoms with Crippen molar-refractivity contribution in [1.29, 1.82) is 0 Å². The Kier molecular flexibility index (Phi) is 3.65. The summed E-state index contributed by atoms with van der Waals surface area (Å²) in [5, 5.41) is 2.71. The SMILES string of the molecule is COc1cccc(C(=O)[C@@]2(C(=O)Nc3ccccc3)CO2)c1. The van der Waals surface area contributed by atoms with Gasteiger partial charge in [-0.3, -0.25) is 9.59 Å². The molecule has 2 aromatic rings. The maximum Gasteiger partial charge on any atom is 0.267 e. The van der Waals surface area contributed by atoms with Crippen molar-refractivity contribution in [2.75, 3.05) is 19.0 Å². The molecule has 1 aliphatic heterocycles. The first-order valence-electron chi connectivity index (χ1n) is 6.85. The van der Waals surface area contributed by atoms with E-state index in [0.29, 0.717) is 17.0 Å². The minimum absolute atomic E-state index is 0.0850. The summed E-state index contributed by atoms with van der Waals surface area (Å²) < 4.78 is 10.3. The van der Waals surface area contributed by atoms with Crippen LogP contribution in [0.1, 0.15) is 10.4 Å². The molecule has 5 nitrogen and oxygen atoms in total. The predicted molar refractivity (Wildman–Crippen MR) is 81.1 cm³/mol. The maximum absolute atomic E-state index is 12.6. The first kappa shape index (κ1) is 14.3. The van der Waals surface area contributed by atoms with Gasteiger partial charge in [-0.25, -0.2) is 0 Å². The molecule has 3 rings (SSSR count). The van der Waals surface area contributed by atoms with Gasteiger partial charge in [0.1, 0.15) is 5.75 Å². The molecule has 22 heavy (non-hydrogen) atoms. The normalized spacial score (nSPS) is 19.3. The summed E-state index contributed by atoms with van der Waals surface area (Å²) >= 11 is 0. The van der Waals surface area contributed by atoms with Crippen LogP contribution in [0.2, 0.25) is 0 Å². The molecular formula is C17H15NO4. The number of epoxide rings is 1. The molecule has 0 saturated carbocycles. The smallest absolute Gasteiger partial charge is 0.267 e. The van der Waals surface area contributed by atoms with Crippen LogP contribution >= 0.6 is 0 Å². The Morgan fingerprint density at radius 3 is 2.50 bits per heavy atom. The lowest BCUT2D eigenvalue weighted by Gasteiger charge is -2.12. The highest BCUT2D eigenvalue weighted by atomic mass is 16.6. The third-order valence-corrected chi connectivity index (χ3v) is 3.53. The van der Waals surface area contributed by atoms with E-state index in [1.807, 2.05) is 6.07 Å². The number of nitrogens with one attached hydrogen (secondary N) is 1. The molecule has 1 amide bonds. The van der Waals surface area contributed by atoms with E-state index >= 15 is 0 Å². The van der Waals surface area contributed by atoms with Gasteiger partial charge in [-0.2, -0.15) is 0 Å². The Morgan fingerprint density at radius 2 is 1.86 bits per heavy atom. The van der Waals surface area contributed by atoms with E-state index in [1.54, 1.807) is 48.5 Å². The van der Waals surface area contributed by atoms with E-state index in [4.69, 9.17) is 9.47 Å². The minimum Gasteiger partial charge on any atom is -0.497 e. The fourth-order valence-electron chi connectivity index (χ4n) is 2.19. The molecule has 1 atom stereocenters. The molecule has 2 aromatic carbocycles. The Morgan fingerprint density at radius 1 is 1.14 bits per heavy atom. The third-order valence-electron chi connectivity index (χ3n) is 3.53. The van der Waals surface area contributed by atoms with Crippen LogP contribution in [0, 0.1) is 0 Å². The summed E-state index contributed by atoms with van der Waals surface area (Å²) in [7, 11) is 1.52. The van der Waals surface area contributed by atoms with Crippen LogP contribution in [0.5, 0.6) is 5.75 Å². The van der Waals surface area contributed by atoms with Crippen molar-refractivity contribution in [3.63, 3.8) is 0 Å². The number of Topliss-reactive ketones (excluding diaryl/α,β-unsaturated/α-hetero) is 1. The molecule has 1 aliphatic rings. The second kappa shape index (κ2) is 5.61. The van der Waals surface area contributed by atoms with E-state index in [2.05, 4.69) is 5.32 Å². The van der Waals surface area contributed by atoms with Crippen molar-refractivity contribution in [2.45, 2.75) is 5.60 Å². The number of benzene rings is 2. The number of carbonyl (C=O) groups is 2. The van der Waals surface area contributed by atoms with Crippen molar-refractivity contribution in [3.05, 3.63) is 60.2 Å². The van der Waals surface area contributed by atoms with Crippen molar-refractivity contribution in [3.8, 4) is 5.75 Å². The lowest BCUT2D eigenvalue weighted by molar-refractivity contribution is -0.119. The van der Waals surface area contributed by atoms with Crippen molar-refractivity contribution >= 4 is 17.4 Å². The minimum atomic E-state index is -1.43. The molecule has 1 heterocycles. The van der Waals surface area contributed by atoms with Gasteiger partial charge < -0.3 is 14.8 Å². The Labute approximate surface area is 127 Å². The van der Waals surface area contributed by atoms with Gasteiger partial charge in [0.05, 0.1) is 13.7 Å². The second-order valence-corrected chi connectivity index (χ2v) is 5.00. The van der Waals surface area contributed by atoms with Crippen LogP contribution in [0.4, 0.5) is 5.69 Å². The van der Waals surface area contributed by atoms with Crippen molar-refractivity contribution in [1.82, 2.24) is 0 Å². The van der Waals surface area contributed by atoms with Gasteiger partial charge in [0, 0.05) is 11.3 Å². The van der Waals surface area contributed by atoms with E-state index in [0.717, 1.165) is 0 Å². The average Bonchev–Trinajstić information content (AvgIpc) is 3.37. The van der Waals surface area contributed by atoms with Crippen LogP contribution in [0.25, 0.3) is 0 Å². The molecule has 0 radical (unpaired) electrons. The summed E-state index contributed by atoms with van der Waals surface area (Å²) in [6, 6.07) is 15.7. The zero-order valence-electron chi connectivity index (χ0n) is 12.0. The van der Waals surface area contributed by atoms with Crippen molar-refractivity contribution < 1.29 is 19.1 Å². The molecule has 0 aliphatic carbocycles. The summed E-state index contributed by atoms with van der Waals surface area (Å²) in [5.74, 6) is -0.253. The predicted octanol–water partition coefficient (Wildman–Crippen LogP) is 2.29. The summed E-state index contributed by atoms with van der Waals surface area (Å²) in [6.07, 6.45) is 0. The van der Waals surface area contributed by atoms with E-state index in [-0.39, 0.29) is 12.4 Å². The number of carbonyl (C=O) groups excluding carboxylic acids is 2. The molecule has 0 unspecified atom stereocenters. The summed E-state index contributed by atoms with van der Waals surface area (Å²) in [4.78, 5) is 25.0. The molecular weight excluding hydrogens is 282 g/mol. The topological polar surface area (TPSA) is 67.9 Å². The fourth-order valence-corrected chi connectivity index (χ4v) is 2.19. The fraction of sp³-hybridized carbons (Fsp3) is 0.176. The molecule has 1 fully saturated rings. The van der Waals surface area contributed by atoms with Gasteiger partial charge in [-0.15, -0.1) is 0 Å². The summed E-state index contributed by atoms with van der Waals surface area (Å²) in [6.45, 7) is 0.0850. The molecule has 1 saturated heterocycles. The standard InChI is InChI=1S/C17H15NO4/c1-21-14-9-5-6-12(10-14)15(19)17(11-22-17)16(20)18-13-7-3-2-4-8-13/h2-10H,11H2,1H3,(H,18,20)/t17-/m1/s1. The first-order valence-corrected chi connectivity index (χ1v) is 6.85. The van der Waals surface area contributed by atoms with E-state index in [9.17, 15) is 9.59 Å². The number of amides is 1. The zero-order chi connectivity index (χ0) is 15.6. The number of anilines is 1. The Hall–Kier alpha value is -2.66. The van der Waals surface area contributed by atoms with Gasteiger partial charge in [0.15, 0.2) is 0 Å². The summed E-state index contributed by atoms with van der Waals surface area (Å²) in [5.41, 5.74) is -0.414. The molecule has 0 aromatic heterocycles. The number of ketones is 1. The zero-order valence-corrected chi connectivity index (χ0v) is 12.0. The van der Waals surface area contributed by atoms with Crippen LogP contribution in [0.15, 0.2) is 54.6 Å². The highest BCUT2D eigenvalue weighted by Crippen LogP contribution is 2.33.